The summed E-state index contributed by atoms with van der Waals surface area (Å²) < 4.78 is 10.5. The number of nitrogens with one attached hydrogen (secondary N) is 3. The molecule has 0 radical (unpaired) electrons. The number of urea groups is 1. The molecule has 2 aromatic rings. The molecule has 22 heavy (non-hydrogen) atoms. The van der Waals surface area contributed by atoms with Gasteiger partial charge in [0.15, 0.2) is 11.5 Å². The van der Waals surface area contributed by atoms with E-state index in [4.69, 9.17) is 9.47 Å². The maximum absolute atomic E-state index is 12.3. The number of aromatic nitrogens is 2. The van der Waals surface area contributed by atoms with Crippen molar-refractivity contribution in [2.24, 2.45) is 0 Å². The Morgan fingerprint density at radius 2 is 2.09 bits per heavy atom. The van der Waals surface area contributed by atoms with Crippen molar-refractivity contribution >= 4 is 11.7 Å². The van der Waals surface area contributed by atoms with E-state index >= 15 is 0 Å². The van der Waals surface area contributed by atoms with E-state index in [1.54, 1.807) is 23.1 Å². The average molecular weight is 302 g/mol. The number of anilines is 1. The van der Waals surface area contributed by atoms with E-state index in [2.05, 4.69) is 15.5 Å². The molecule has 8 heteroatoms. The maximum atomic E-state index is 12.3. The fourth-order valence-electron chi connectivity index (χ4n) is 2.67. The van der Waals surface area contributed by atoms with Crippen LogP contribution in [0.4, 0.5) is 10.5 Å². The highest BCUT2D eigenvalue weighted by Gasteiger charge is 2.24. The average Bonchev–Trinajstić information content (AvgIpc) is 3.13. The van der Waals surface area contributed by atoms with Crippen LogP contribution in [0.5, 0.6) is 11.5 Å². The van der Waals surface area contributed by atoms with Crippen molar-refractivity contribution in [3.05, 3.63) is 39.8 Å². The lowest BCUT2D eigenvalue weighted by Gasteiger charge is -2.26. The first-order valence-corrected chi connectivity index (χ1v) is 6.95. The minimum absolute atomic E-state index is 0.171. The number of benzene rings is 1. The van der Waals surface area contributed by atoms with Crippen LogP contribution in [0.1, 0.15) is 11.3 Å². The third-order valence-electron chi connectivity index (χ3n) is 3.86. The largest absolute Gasteiger partial charge is 0.454 e. The van der Waals surface area contributed by atoms with Crippen LogP contribution in [0.3, 0.4) is 0 Å². The molecule has 0 atom stereocenters. The summed E-state index contributed by atoms with van der Waals surface area (Å²) in [6.07, 6.45) is 0.628. The molecule has 0 unspecified atom stereocenters. The van der Waals surface area contributed by atoms with Gasteiger partial charge in [-0.2, -0.15) is 0 Å². The number of hydrogen-bond acceptors (Lipinski definition) is 4. The number of amides is 2. The summed E-state index contributed by atoms with van der Waals surface area (Å²) in [4.78, 5) is 25.6. The lowest BCUT2D eigenvalue weighted by Crippen LogP contribution is -2.40. The summed E-state index contributed by atoms with van der Waals surface area (Å²) in [7, 11) is 0. The lowest BCUT2D eigenvalue weighted by atomic mass is 10.1. The van der Waals surface area contributed by atoms with E-state index in [-0.39, 0.29) is 18.4 Å². The zero-order valence-electron chi connectivity index (χ0n) is 11.6. The molecule has 0 spiro atoms. The van der Waals surface area contributed by atoms with Gasteiger partial charge in [-0.25, -0.2) is 4.79 Å². The minimum atomic E-state index is -0.245. The van der Waals surface area contributed by atoms with Crippen LogP contribution in [0.25, 0.3) is 0 Å². The van der Waals surface area contributed by atoms with E-state index in [0.717, 1.165) is 5.69 Å². The highest BCUT2D eigenvalue weighted by molar-refractivity contribution is 5.89. The van der Waals surface area contributed by atoms with E-state index in [1.807, 2.05) is 0 Å². The predicted octanol–water partition coefficient (Wildman–Crippen LogP) is 1.02. The molecule has 2 aliphatic heterocycles. The smallest absolute Gasteiger partial charge is 0.322 e. The van der Waals surface area contributed by atoms with Crippen molar-refractivity contribution in [1.29, 1.82) is 0 Å². The molecule has 8 nitrogen and oxygen atoms in total. The van der Waals surface area contributed by atoms with Crippen molar-refractivity contribution in [3.63, 3.8) is 0 Å². The van der Waals surface area contributed by atoms with E-state index < -0.39 is 0 Å². The van der Waals surface area contributed by atoms with Crippen LogP contribution >= 0.6 is 0 Å². The molecule has 2 amide bonds. The van der Waals surface area contributed by atoms with Crippen molar-refractivity contribution < 1.29 is 14.3 Å². The normalized spacial score (nSPS) is 15.5. The minimum Gasteiger partial charge on any atom is -0.454 e. The van der Waals surface area contributed by atoms with Gasteiger partial charge >= 0.3 is 6.03 Å². The number of H-pyrrole nitrogens is 2. The molecule has 1 aromatic carbocycles. The summed E-state index contributed by atoms with van der Waals surface area (Å²) in [6.45, 7) is 1.04. The number of nitrogens with zero attached hydrogens (tertiary/aromatic N) is 1. The maximum Gasteiger partial charge on any atom is 0.322 e. The van der Waals surface area contributed by atoms with E-state index in [1.165, 1.54) is 0 Å². The molecular weight excluding hydrogens is 288 g/mol. The van der Waals surface area contributed by atoms with Gasteiger partial charge in [-0.15, -0.1) is 0 Å². The van der Waals surface area contributed by atoms with Crippen LogP contribution in [0.15, 0.2) is 23.0 Å². The summed E-state index contributed by atoms with van der Waals surface area (Å²) in [6, 6.07) is 4.98. The quantitative estimate of drug-likeness (QED) is 0.732. The molecule has 3 N–H and O–H groups in total. The van der Waals surface area contributed by atoms with Gasteiger partial charge in [-0.1, -0.05) is 0 Å². The van der Waals surface area contributed by atoms with Crippen LogP contribution in [0, 0.1) is 0 Å². The monoisotopic (exact) mass is 302 g/mol. The van der Waals surface area contributed by atoms with E-state index in [9.17, 15) is 9.59 Å². The predicted molar refractivity (Wildman–Crippen MR) is 77.1 cm³/mol. The fourth-order valence-corrected chi connectivity index (χ4v) is 2.67. The van der Waals surface area contributed by atoms with Crippen LogP contribution < -0.4 is 20.3 Å². The standard InChI is InChI=1S/C14H14N4O4/c19-13-9-6-18(4-3-10(9)16-17-13)14(20)15-8-1-2-11-12(5-8)22-7-21-11/h1-2,5H,3-4,6-7H2,(H,15,20)(H2,16,17,19). The van der Waals surface area contributed by atoms with E-state index in [0.29, 0.717) is 42.3 Å². The van der Waals surface area contributed by atoms with Gasteiger partial charge in [0.05, 0.1) is 12.1 Å². The van der Waals surface area contributed by atoms with Crippen molar-refractivity contribution in [1.82, 2.24) is 15.1 Å². The molecule has 1 aromatic heterocycles. The second-order valence-corrected chi connectivity index (χ2v) is 5.21. The summed E-state index contributed by atoms with van der Waals surface area (Å²) in [5, 5.41) is 8.20. The lowest BCUT2D eigenvalue weighted by molar-refractivity contribution is 0.174. The van der Waals surface area contributed by atoms with Gasteiger partial charge in [-0.3, -0.25) is 9.89 Å². The van der Waals surface area contributed by atoms with Gasteiger partial charge in [0, 0.05) is 30.4 Å². The highest BCUT2D eigenvalue weighted by atomic mass is 16.7. The number of carbonyl (C=O) groups is 1. The van der Waals surface area contributed by atoms with Crippen molar-refractivity contribution in [3.8, 4) is 11.5 Å². The number of hydrogen-bond donors (Lipinski definition) is 3. The number of carbonyl (C=O) groups excluding carboxylic acids is 1. The van der Waals surface area contributed by atoms with Crippen LogP contribution in [-0.4, -0.2) is 34.5 Å². The Balaban J connectivity index is 1.49. The number of aromatic amines is 2. The first-order valence-electron chi connectivity index (χ1n) is 6.95. The Morgan fingerprint density at radius 1 is 1.23 bits per heavy atom. The summed E-state index contributed by atoms with van der Waals surface area (Å²) in [5.74, 6) is 1.28. The van der Waals surface area contributed by atoms with Crippen LogP contribution in [-0.2, 0) is 13.0 Å². The highest BCUT2D eigenvalue weighted by Crippen LogP contribution is 2.34. The molecule has 0 fully saturated rings. The van der Waals surface area contributed by atoms with Crippen LogP contribution in [0.2, 0.25) is 0 Å². The second-order valence-electron chi connectivity index (χ2n) is 5.21. The molecule has 0 saturated heterocycles. The Hall–Kier alpha value is -2.90. The molecule has 0 bridgehead atoms. The molecule has 2 aliphatic rings. The van der Waals surface area contributed by atoms with Crippen molar-refractivity contribution in [2.45, 2.75) is 13.0 Å². The molecule has 4 rings (SSSR count). The Morgan fingerprint density at radius 3 is 3.00 bits per heavy atom. The van der Waals surface area contributed by atoms with Gasteiger partial charge in [0.25, 0.3) is 5.56 Å². The molecular formula is C14H14N4O4. The van der Waals surface area contributed by atoms with Crippen molar-refractivity contribution in [2.75, 3.05) is 18.7 Å². The molecule has 0 aliphatic carbocycles. The Kier molecular flexibility index (Phi) is 2.81. The Bertz CT molecular complexity index is 794. The topological polar surface area (TPSA) is 99.4 Å². The second kappa shape index (κ2) is 4.83. The third-order valence-corrected chi connectivity index (χ3v) is 3.86. The third kappa shape index (κ3) is 2.09. The number of fused-ring (bicyclic) bond motifs is 2. The molecule has 114 valence electrons. The first kappa shape index (κ1) is 12.8. The summed E-state index contributed by atoms with van der Waals surface area (Å²) in [5.41, 5.74) is 1.95. The summed E-state index contributed by atoms with van der Waals surface area (Å²) >= 11 is 0. The number of rotatable bonds is 1. The van der Waals surface area contributed by atoms with Gasteiger partial charge < -0.3 is 24.8 Å². The van der Waals surface area contributed by atoms with Gasteiger partial charge in [0.1, 0.15) is 0 Å². The zero-order chi connectivity index (χ0) is 15.1. The van der Waals surface area contributed by atoms with Gasteiger partial charge in [-0.05, 0) is 12.1 Å². The number of ether oxygens (including phenoxy) is 2. The first-order chi connectivity index (χ1) is 10.7. The SMILES string of the molecule is O=C(Nc1ccc2c(c1)OCO2)N1CCc2[nH][nH]c(=O)c2C1. The molecule has 3 heterocycles. The fraction of sp³-hybridized carbons (Fsp3) is 0.286. The molecule has 0 saturated carbocycles. The zero-order valence-corrected chi connectivity index (χ0v) is 11.6. The van der Waals surface area contributed by atoms with Gasteiger partial charge in [0.2, 0.25) is 6.79 Å². The Labute approximate surface area is 125 Å².